The topological polar surface area (TPSA) is 243 Å². The van der Waals surface area contributed by atoms with Crippen molar-refractivity contribution in [2.75, 3.05) is 22.6 Å². The molecule has 0 aliphatic carbocycles. The molecule has 302 valence electrons. The van der Waals surface area contributed by atoms with E-state index < -0.39 is 64.7 Å². The largest absolute Gasteiger partial charge is 0.481 e. The third-order valence-electron chi connectivity index (χ3n) is 9.56. The van der Waals surface area contributed by atoms with Crippen LogP contribution in [0.15, 0.2) is 53.8 Å². The summed E-state index contributed by atoms with van der Waals surface area (Å²) < 4.78 is 112. The number of anilines is 1. The van der Waals surface area contributed by atoms with Gasteiger partial charge in [0.1, 0.15) is 35.4 Å². The minimum atomic E-state index is -4.49. The Morgan fingerprint density at radius 2 is 1.50 bits per heavy atom. The summed E-state index contributed by atoms with van der Waals surface area (Å²) in [6.45, 7) is 7.82. The van der Waals surface area contributed by atoms with Crippen LogP contribution in [0.1, 0.15) is 82.3 Å². The molecule has 6 rings (SSSR count). The summed E-state index contributed by atoms with van der Waals surface area (Å²) in [5, 5.41) is 13.5. The fourth-order valence-electron chi connectivity index (χ4n) is 7.57. The van der Waals surface area contributed by atoms with E-state index in [0.717, 1.165) is 0 Å². The van der Waals surface area contributed by atoms with Crippen LogP contribution in [-0.2, 0) is 48.2 Å². The van der Waals surface area contributed by atoms with Crippen molar-refractivity contribution in [3.8, 4) is 11.5 Å². The van der Waals surface area contributed by atoms with Crippen LogP contribution < -0.4 is 25.2 Å². The molecular formula is C37H45N4O12S3+. The zero-order valence-corrected chi connectivity index (χ0v) is 33.8. The molecule has 1 aromatic heterocycles. The lowest BCUT2D eigenvalue weighted by atomic mass is 9.87. The second-order valence-electron chi connectivity index (χ2n) is 15.5. The first-order chi connectivity index (χ1) is 25.9. The number of carboxylic acid groups (broad SMARTS) is 1. The van der Waals surface area contributed by atoms with Crippen LogP contribution in [0.3, 0.4) is 0 Å². The first-order valence-corrected chi connectivity index (χ1v) is 22.7. The molecule has 0 fully saturated rings. The van der Waals surface area contributed by atoms with E-state index in [1.807, 2.05) is 23.0 Å². The lowest BCUT2D eigenvalue weighted by Gasteiger charge is -2.33. The molecule has 4 heterocycles. The maximum absolute atomic E-state index is 12.3. The Balaban J connectivity index is 1.66. The summed E-state index contributed by atoms with van der Waals surface area (Å²) in [6.07, 6.45) is 8.59. The summed E-state index contributed by atoms with van der Waals surface area (Å²) in [5.74, 6) is -1.51. The smallest absolute Gasteiger partial charge is 0.303 e. The Hall–Kier alpha value is -4.40. The van der Waals surface area contributed by atoms with Gasteiger partial charge in [-0.25, -0.2) is 9.13 Å². The third kappa shape index (κ3) is 9.75. The van der Waals surface area contributed by atoms with Gasteiger partial charge in [-0.1, -0.05) is 12.2 Å². The number of nitrogens with one attached hydrogen (secondary N) is 1. The molecule has 3 aliphatic heterocycles. The highest BCUT2D eigenvalue weighted by Gasteiger charge is 2.35. The fourth-order valence-corrected chi connectivity index (χ4v) is 9.33. The Morgan fingerprint density at radius 1 is 0.821 bits per heavy atom. The molecule has 0 amide bonds. The highest BCUT2D eigenvalue weighted by atomic mass is 32.2. The summed E-state index contributed by atoms with van der Waals surface area (Å²) in [5.41, 5.74) is 1.54. The van der Waals surface area contributed by atoms with Gasteiger partial charge in [-0.15, -0.1) is 0 Å². The van der Waals surface area contributed by atoms with Crippen molar-refractivity contribution in [3.63, 3.8) is 0 Å². The molecule has 3 aromatic rings. The minimum Gasteiger partial charge on any atom is -0.481 e. The molecule has 2 aromatic carbocycles. The zero-order chi connectivity index (χ0) is 41.0. The molecule has 56 heavy (non-hydrogen) atoms. The molecule has 0 atom stereocenters. The van der Waals surface area contributed by atoms with Gasteiger partial charge in [-0.2, -0.15) is 25.3 Å². The average Bonchev–Trinajstić information content (AvgIpc) is 3.40. The van der Waals surface area contributed by atoms with Gasteiger partial charge in [0, 0.05) is 52.6 Å². The number of hydrogen-bond donors (Lipinski definition) is 5. The van der Waals surface area contributed by atoms with Gasteiger partial charge >= 0.3 is 5.97 Å². The van der Waals surface area contributed by atoms with Gasteiger partial charge in [0.15, 0.2) is 0 Å². The van der Waals surface area contributed by atoms with E-state index >= 15 is 0 Å². The number of rotatable bonds is 15. The number of unbranched alkanes of at least 4 members (excludes halogenated alkanes) is 2. The number of hydrogen-bond acceptors (Lipinski definition) is 10. The second-order valence-corrected chi connectivity index (χ2v) is 20.0. The first kappa shape index (κ1) is 41.2. The van der Waals surface area contributed by atoms with Gasteiger partial charge in [-0.3, -0.25) is 23.4 Å². The third-order valence-corrected chi connectivity index (χ3v) is 11.7. The first-order valence-electron chi connectivity index (χ1n) is 17.9. The van der Waals surface area contributed by atoms with Gasteiger partial charge in [0.05, 0.1) is 40.9 Å². The molecular weight excluding hydrogens is 789 g/mol. The van der Waals surface area contributed by atoms with Crippen molar-refractivity contribution in [2.45, 2.75) is 84.0 Å². The zero-order valence-electron chi connectivity index (χ0n) is 31.3. The lowest BCUT2D eigenvalue weighted by Crippen LogP contribution is -2.40. The summed E-state index contributed by atoms with van der Waals surface area (Å²) in [6, 6.07) is 6.89. The number of carboxylic acids is 1. The van der Waals surface area contributed by atoms with E-state index in [2.05, 4.69) is 5.32 Å². The van der Waals surface area contributed by atoms with Crippen LogP contribution in [0.25, 0.3) is 16.7 Å². The van der Waals surface area contributed by atoms with Crippen LogP contribution in [-0.4, -0.2) is 82.9 Å². The second kappa shape index (κ2) is 14.8. The van der Waals surface area contributed by atoms with Crippen molar-refractivity contribution >= 4 is 58.7 Å². The number of benzene rings is 2. The van der Waals surface area contributed by atoms with Crippen molar-refractivity contribution in [1.29, 1.82) is 0 Å². The van der Waals surface area contributed by atoms with Crippen LogP contribution >= 0.6 is 0 Å². The van der Waals surface area contributed by atoms with Crippen LogP contribution in [0, 0.1) is 0 Å². The van der Waals surface area contributed by atoms with Crippen molar-refractivity contribution in [1.82, 2.24) is 4.57 Å². The highest BCUT2D eigenvalue weighted by Crippen LogP contribution is 2.44. The molecule has 0 radical (unpaired) electrons. The maximum atomic E-state index is 12.3. The number of ether oxygens (including phenoxy) is 1. The SMILES string of the molecule is CC1(C)C=C(CS(=O)(=O)O)c2cc3c(cc2=N1)Oc1cc2c(cc1C=3c1n(CCCCCC(=O)O)cc[n+]1CCCS(=O)(=O)O)C(CS(=O)(=O)O)=CC(C)(C)N2. The maximum Gasteiger partial charge on any atom is 0.303 e. The summed E-state index contributed by atoms with van der Waals surface area (Å²) >= 11 is 0. The number of aryl methyl sites for hydroxylation is 2. The Kier molecular flexibility index (Phi) is 10.9. The Labute approximate surface area is 325 Å². The lowest BCUT2D eigenvalue weighted by molar-refractivity contribution is -0.698. The number of nitrogens with zero attached hydrogens (tertiary/aromatic N) is 3. The molecule has 0 spiro atoms. The number of imidazole rings is 1. The number of fused-ring (bicyclic) bond motifs is 4. The molecule has 0 bridgehead atoms. The predicted molar refractivity (Wildman–Crippen MR) is 208 cm³/mol. The van der Waals surface area contributed by atoms with E-state index in [1.54, 1.807) is 62.7 Å². The summed E-state index contributed by atoms with van der Waals surface area (Å²) in [4.78, 5) is 16.0. The van der Waals surface area contributed by atoms with E-state index in [0.29, 0.717) is 92.8 Å². The predicted octanol–water partition coefficient (Wildman–Crippen LogP) is 3.21. The molecule has 19 heteroatoms. The van der Waals surface area contributed by atoms with E-state index in [1.165, 1.54) is 0 Å². The molecule has 0 unspecified atom stereocenters. The minimum absolute atomic E-state index is 0.00533. The van der Waals surface area contributed by atoms with Gasteiger partial charge < -0.3 is 15.2 Å². The summed E-state index contributed by atoms with van der Waals surface area (Å²) in [7, 11) is -13.3. The monoisotopic (exact) mass is 833 g/mol. The standard InChI is InChI=1S/C37H44N4O12S3/c1-36(2)19-23(21-55(47,48)49)25-15-27-31(17-29(25)38-36)53-32-18-30-26(24(22-56(50,51)52)20-37(3,4)39-30)16-28(32)34(27)35-40(10-7-5-6-9-33(42)43)12-13-41(35)11-8-14-54(44,45)46/h12-13,15-20H,5-11,14,21-22H2,1-4H3,(H4-,38,39,42,43,44,45,46,47,48,49,50,51,52)/p+1. The van der Waals surface area contributed by atoms with Gasteiger partial charge in [0.25, 0.3) is 36.2 Å². The quantitative estimate of drug-likeness (QED) is 0.0658. The molecule has 16 nitrogen and oxygen atoms in total. The normalized spacial score (nSPS) is 16.9. The number of aliphatic carboxylic acids is 1. The van der Waals surface area contributed by atoms with Gasteiger partial charge in [-0.05, 0) is 70.2 Å². The number of carbonyl (C=O) groups is 1. The van der Waals surface area contributed by atoms with Crippen molar-refractivity contribution in [2.24, 2.45) is 4.99 Å². The fraction of sp³-hybridized carbons (Fsp3) is 0.432. The van der Waals surface area contributed by atoms with E-state index in [9.17, 15) is 43.7 Å². The van der Waals surface area contributed by atoms with Gasteiger partial charge in [0.2, 0.25) is 0 Å². The molecule has 3 aliphatic rings. The average molecular weight is 834 g/mol. The van der Waals surface area contributed by atoms with E-state index in [4.69, 9.17) is 14.8 Å². The highest BCUT2D eigenvalue weighted by molar-refractivity contribution is 7.86. The molecule has 0 saturated heterocycles. The van der Waals surface area contributed by atoms with Crippen LogP contribution in [0.4, 0.5) is 5.69 Å². The van der Waals surface area contributed by atoms with Crippen LogP contribution in [0.2, 0.25) is 0 Å². The van der Waals surface area contributed by atoms with Crippen molar-refractivity contribution < 1.29 is 58.1 Å². The number of aromatic nitrogens is 2. The van der Waals surface area contributed by atoms with Crippen LogP contribution in [0.5, 0.6) is 11.5 Å². The Bertz CT molecular complexity index is 2660. The Morgan fingerprint density at radius 3 is 2.14 bits per heavy atom. The molecule has 0 saturated carbocycles. The van der Waals surface area contributed by atoms with E-state index in [-0.39, 0.29) is 19.4 Å². The van der Waals surface area contributed by atoms with Crippen molar-refractivity contribution in [3.05, 3.63) is 81.9 Å². The molecule has 5 N–H and O–H groups in total.